The van der Waals surface area contributed by atoms with E-state index in [9.17, 15) is 27.5 Å². The van der Waals surface area contributed by atoms with Crippen molar-refractivity contribution in [3.63, 3.8) is 0 Å². The molecule has 13 heteroatoms. The Balaban J connectivity index is 1.55. The van der Waals surface area contributed by atoms with Gasteiger partial charge < -0.3 is 14.6 Å². The van der Waals surface area contributed by atoms with Crippen LogP contribution in [0.3, 0.4) is 0 Å². The highest BCUT2D eigenvalue weighted by Crippen LogP contribution is 2.43. The van der Waals surface area contributed by atoms with Crippen LogP contribution in [-0.2, 0) is 12.7 Å². The molecular formula is C23H15F4N5O4. The summed E-state index contributed by atoms with van der Waals surface area (Å²) in [5.41, 5.74) is 0.349. The van der Waals surface area contributed by atoms with E-state index >= 15 is 0 Å². The van der Waals surface area contributed by atoms with Crippen molar-refractivity contribution in [1.82, 2.24) is 19.6 Å². The first-order valence-electron chi connectivity index (χ1n) is 10.7. The maximum absolute atomic E-state index is 14.9. The number of anilines is 1. The lowest BCUT2D eigenvalue weighted by atomic mass is 9.95. The number of carboxylic acid groups (broad SMARTS) is 1. The molecule has 0 fully saturated rings. The third-order valence-electron chi connectivity index (χ3n) is 6.23. The standard InChI is InChI=1S/C23H15F4N5O4/c24-15-2-4-17-19-11(8-35-17)9-36-18-5-13(16-3-1-12(6-28-16)23(25,26)27)20-30-29-10-32(20)21(18)31(22(33)34)7-14(15)19/h1-6,10-11H,7-9H2,(H,33,34)/t11-/m0/s1. The van der Waals surface area contributed by atoms with Crippen LogP contribution in [0.15, 0.2) is 42.9 Å². The van der Waals surface area contributed by atoms with Crippen molar-refractivity contribution in [3.05, 3.63) is 65.4 Å². The minimum Gasteiger partial charge on any atom is -0.493 e. The number of aromatic nitrogens is 4. The number of halogens is 4. The number of alkyl halides is 3. The van der Waals surface area contributed by atoms with Gasteiger partial charge in [0.05, 0.1) is 36.9 Å². The van der Waals surface area contributed by atoms with Crippen molar-refractivity contribution >= 4 is 17.6 Å². The number of nitrogens with zero attached hydrogens (tertiary/aromatic N) is 5. The fraction of sp³-hybridized carbons (Fsp3) is 0.217. The van der Waals surface area contributed by atoms with E-state index in [4.69, 9.17) is 9.47 Å². The van der Waals surface area contributed by atoms with Gasteiger partial charge in [-0.1, -0.05) is 0 Å². The largest absolute Gasteiger partial charge is 0.493 e. The zero-order valence-corrected chi connectivity index (χ0v) is 18.2. The number of fused-ring (bicyclic) bond motifs is 3. The van der Waals surface area contributed by atoms with Crippen LogP contribution in [0.5, 0.6) is 11.5 Å². The van der Waals surface area contributed by atoms with E-state index < -0.39 is 23.7 Å². The minimum absolute atomic E-state index is 0.0241. The molecule has 0 aliphatic carbocycles. The van der Waals surface area contributed by atoms with E-state index in [1.54, 1.807) is 0 Å². The van der Waals surface area contributed by atoms with Gasteiger partial charge in [-0.3, -0.25) is 14.3 Å². The third kappa shape index (κ3) is 3.38. The number of pyridine rings is 2. The average molecular weight is 501 g/mol. The van der Waals surface area contributed by atoms with Crippen molar-refractivity contribution in [2.75, 3.05) is 18.1 Å². The molecule has 1 N–H and O–H groups in total. The lowest BCUT2D eigenvalue weighted by Gasteiger charge is -2.23. The molecule has 0 unspecified atom stereocenters. The molecule has 0 saturated heterocycles. The van der Waals surface area contributed by atoms with Gasteiger partial charge in [-0.25, -0.2) is 9.18 Å². The lowest BCUT2D eigenvalue weighted by Crippen LogP contribution is -2.31. The van der Waals surface area contributed by atoms with E-state index in [1.165, 1.54) is 35.0 Å². The molecule has 5 heterocycles. The Bertz CT molecular complexity index is 1520. The molecule has 0 radical (unpaired) electrons. The normalized spacial score (nSPS) is 16.9. The first kappa shape index (κ1) is 22.1. The van der Waals surface area contributed by atoms with Gasteiger partial charge in [-0.15, -0.1) is 10.2 Å². The molecule has 3 aromatic heterocycles. The van der Waals surface area contributed by atoms with E-state index in [1.807, 2.05) is 0 Å². The summed E-state index contributed by atoms with van der Waals surface area (Å²) in [6.45, 7) is -0.0838. The molecule has 2 aliphatic heterocycles. The second-order valence-electron chi connectivity index (χ2n) is 8.33. The molecule has 1 atom stereocenters. The smallest absolute Gasteiger partial charge is 0.417 e. The molecule has 4 aromatic rings. The van der Waals surface area contributed by atoms with Crippen molar-refractivity contribution in [2.24, 2.45) is 0 Å². The number of rotatable bonds is 1. The number of benzene rings is 1. The first-order chi connectivity index (χ1) is 17.2. The van der Waals surface area contributed by atoms with Crippen molar-refractivity contribution in [3.8, 4) is 22.8 Å². The van der Waals surface area contributed by atoms with Crippen LogP contribution in [0.25, 0.3) is 16.9 Å². The predicted molar refractivity (Wildman–Crippen MR) is 116 cm³/mol. The van der Waals surface area contributed by atoms with Crippen LogP contribution in [0, 0.1) is 5.82 Å². The van der Waals surface area contributed by atoms with Crippen molar-refractivity contribution < 1.29 is 36.9 Å². The van der Waals surface area contributed by atoms with E-state index in [0.717, 1.165) is 11.0 Å². The monoisotopic (exact) mass is 501 g/mol. The quantitative estimate of drug-likeness (QED) is 0.383. The number of hydrogen-bond acceptors (Lipinski definition) is 6. The molecule has 6 rings (SSSR count). The van der Waals surface area contributed by atoms with Gasteiger partial charge in [-0.05, 0) is 30.3 Å². The van der Waals surface area contributed by atoms with Gasteiger partial charge in [0.1, 0.15) is 17.9 Å². The minimum atomic E-state index is -4.56. The second kappa shape index (κ2) is 7.80. The summed E-state index contributed by atoms with van der Waals surface area (Å²) in [6, 6.07) is 6.25. The second-order valence-corrected chi connectivity index (χ2v) is 8.33. The summed E-state index contributed by atoms with van der Waals surface area (Å²) < 4.78 is 67.0. The van der Waals surface area contributed by atoms with Crippen LogP contribution >= 0.6 is 0 Å². The van der Waals surface area contributed by atoms with E-state index in [-0.39, 0.29) is 59.7 Å². The molecule has 2 aliphatic rings. The maximum atomic E-state index is 14.9. The topological polar surface area (TPSA) is 102 Å². The third-order valence-corrected chi connectivity index (χ3v) is 6.23. The molecule has 1 aromatic carbocycles. The predicted octanol–water partition coefficient (Wildman–Crippen LogP) is 4.50. The van der Waals surface area contributed by atoms with Crippen LogP contribution in [0.2, 0.25) is 0 Å². The summed E-state index contributed by atoms with van der Waals surface area (Å²) in [5.74, 6) is -0.374. The van der Waals surface area contributed by atoms with Crippen molar-refractivity contribution in [2.45, 2.75) is 18.6 Å². The fourth-order valence-corrected chi connectivity index (χ4v) is 4.57. The fourth-order valence-electron chi connectivity index (χ4n) is 4.57. The van der Waals surface area contributed by atoms with Crippen LogP contribution in [0.1, 0.15) is 22.6 Å². The van der Waals surface area contributed by atoms with Crippen LogP contribution in [-0.4, -0.2) is 44.0 Å². The molecule has 36 heavy (non-hydrogen) atoms. The average Bonchev–Trinajstić information content (AvgIpc) is 3.49. The molecule has 0 saturated carbocycles. The van der Waals surface area contributed by atoms with Gasteiger partial charge in [-0.2, -0.15) is 13.2 Å². The Kier molecular flexibility index (Phi) is 4.78. The summed E-state index contributed by atoms with van der Waals surface area (Å²) in [5, 5.41) is 18.0. The van der Waals surface area contributed by atoms with Gasteiger partial charge in [0, 0.05) is 22.9 Å². The zero-order chi connectivity index (χ0) is 25.2. The number of ether oxygens (including phenoxy) is 2. The van der Waals surface area contributed by atoms with Gasteiger partial charge in [0.15, 0.2) is 17.2 Å². The SMILES string of the molecule is O=C(O)N1Cc2c(F)ccc3c2[C@@H](CO3)COc2cc(-c3ccc(C(F)(F)F)cn3)c3nncn3c21. The Hall–Kier alpha value is -4.42. The maximum Gasteiger partial charge on any atom is 0.417 e. The first-order valence-corrected chi connectivity index (χ1v) is 10.7. The van der Waals surface area contributed by atoms with Gasteiger partial charge in [0.2, 0.25) is 0 Å². The van der Waals surface area contributed by atoms with E-state index in [2.05, 4.69) is 15.2 Å². The molecule has 9 nitrogen and oxygen atoms in total. The Morgan fingerprint density at radius 1 is 1.11 bits per heavy atom. The highest BCUT2D eigenvalue weighted by atomic mass is 19.4. The Morgan fingerprint density at radius 2 is 1.89 bits per heavy atom. The number of hydrogen-bond donors (Lipinski definition) is 1. The summed E-state index contributed by atoms with van der Waals surface area (Å²) in [7, 11) is 0. The highest BCUT2D eigenvalue weighted by molar-refractivity contribution is 5.90. The molecular weight excluding hydrogens is 486 g/mol. The van der Waals surface area contributed by atoms with Gasteiger partial charge in [0.25, 0.3) is 0 Å². The summed E-state index contributed by atoms with van der Waals surface area (Å²) >= 11 is 0. The van der Waals surface area contributed by atoms with Crippen LogP contribution < -0.4 is 14.4 Å². The number of carbonyl (C=O) groups is 1. The molecule has 0 spiro atoms. The lowest BCUT2D eigenvalue weighted by molar-refractivity contribution is -0.137. The highest BCUT2D eigenvalue weighted by Gasteiger charge is 2.36. The van der Waals surface area contributed by atoms with Gasteiger partial charge >= 0.3 is 12.3 Å². The van der Waals surface area contributed by atoms with E-state index in [0.29, 0.717) is 17.5 Å². The molecule has 0 bridgehead atoms. The summed E-state index contributed by atoms with van der Waals surface area (Å²) in [4.78, 5) is 17.2. The molecule has 184 valence electrons. The molecule has 1 amide bonds. The Morgan fingerprint density at radius 3 is 2.58 bits per heavy atom. The van der Waals surface area contributed by atoms with Crippen LogP contribution in [0.4, 0.5) is 28.2 Å². The Labute approximate surface area is 199 Å². The van der Waals surface area contributed by atoms with Crippen molar-refractivity contribution in [1.29, 1.82) is 0 Å². The summed E-state index contributed by atoms with van der Waals surface area (Å²) in [6.07, 6.45) is -3.99. The number of amides is 1. The zero-order valence-electron chi connectivity index (χ0n) is 18.2.